The number of rotatable bonds is 3. The third-order valence-corrected chi connectivity index (χ3v) is 5.76. The van der Waals surface area contributed by atoms with Crippen LogP contribution in [0.4, 0.5) is 5.13 Å². The molecule has 0 fully saturated rings. The van der Waals surface area contributed by atoms with Crippen LogP contribution >= 0.6 is 11.3 Å². The van der Waals surface area contributed by atoms with E-state index < -0.39 is 9.84 Å². The van der Waals surface area contributed by atoms with Crippen molar-refractivity contribution in [2.75, 3.05) is 11.6 Å². The third kappa shape index (κ3) is 3.32. The molecule has 0 aliphatic rings. The maximum absolute atomic E-state index is 11.9. The number of amides is 1. The van der Waals surface area contributed by atoms with E-state index in [9.17, 15) is 13.2 Å². The zero-order valence-corrected chi connectivity index (χ0v) is 15.1. The van der Waals surface area contributed by atoms with Gasteiger partial charge in [-0.1, -0.05) is 29.5 Å². The molecule has 1 aromatic heterocycles. The number of carbonyl (C=O) groups is 1. The molecule has 0 saturated heterocycles. The first-order valence-electron chi connectivity index (χ1n) is 7.23. The van der Waals surface area contributed by atoms with Crippen LogP contribution in [0.25, 0.3) is 21.3 Å². The van der Waals surface area contributed by atoms with E-state index in [1.807, 2.05) is 30.3 Å². The molecular weight excluding hydrogens is 344 g/mol. The largest absolute Gasteiger partial charge is 0.302 e. The minimum Gasteiger partial charge on any atom is -0.302 e. The number of nitrogens with zero attached hydrogens (tertiary/aromatic N) is 1. The summed E-state index contributed by atoms with van der Waals surface area (Å²) >= 11 is 1.39. The molecule has 0 aliphatic heterocycles. The number of sulfone groups is 1. The number of carbonyl (C=O) groups excluding carboxylic acids is 1. The maximum Gasteiger partial charge on any atom is 0.223 e. The molecule has 3 rings (SSSR count). The van der Waals surface area contributed by atoms with E-state index in [0.717, 1.165) is 26.9 Å². The molecule has 0 spiro atoms. The van der Waals surface area contributed by atoms with Gasteiger partial charge in [-0.2, -0.15) is 0 Å². The molecule has 7 heteroatoms. The average Bonchev–Trinajstić information content (AvgIpc) is 2.86. The quantitative estimate of drug-likeness (QED) is 0.774. The van der Waals surface area contributed by atoms with Crippen LogP contribution in [0.5, 0.6) is 0 Å². The Balaban J connectivity index is 2.08. The van der Waals surface area contributed by atoms with Gasteiger partial charge in [0.2, 0.25) is 5.91 Å². The fourth-order valence-electron chi connectivity index (χ4n) is 2.49. The summed E-state index contributed by atoms with van der Waals surface area (Å²) in [6.07, 6.45) is 1.21. The van der Waals surface area contributed by atoms with Crippen molar-refractivity contribution in [3.8, 4) is 11.1 Å². The number of thiazole rings is 1. The normalized spacial score (nSPS) is 11.6. The Hall–Kier alpha value is -2.25. The van der Waals surface area contributed by atoms with Crippen molar-refractivity contribution in [3.05, 3.63) is 42.0 Å². The zero-order valence-electron chi connectivity index (χ0n) is 13.5. The van der Waals surface area contributed by atoms with E-state index in [4.69, 9.17) is 0 Å². The number of aromatic nitrogens is 1. The lowest BCUT2D eigenvalue weighted by Crippen LogP contribution is -2.04. The summed E-state index contributed by atoms with van der Waals surface area (Å²) in [5.41, 5.74) is 3.26. The van der Waals surface area contributed by atoms with Crippen LogP contribution in [0, 0.1) is 6.92 Å². The lowest BCUT2D eigenvalue weighted by Gasteiger charge is -2.07. The van der Waals surface area contributed by atoms with Crippen LogP contribution in [0.3, 0.4) is 0 Å². The first-order chi connectivity index (χ1) is 11.2. The molecule has 0 aliphatic carbocycles. The second kappa shape index (κ2) is 5.99. The minimum absolute atomic E-state index is 0.161. The highest BCUT2D eigenvalue weighted by Gasteiger charge is 2.13. The van der Waals surface area contributed by atoms with E-state index in [1.54, 1.807) is 13.0 Å². The molecule has 0 atom stereocenters. The van der Waals surface area contributed by atoms with Crippen molar-refractivity contribution in [2.45, 2.75) is 18.7 Å². The van der Waals surface area contributed by atoms with Crippen LogP contribution in [0.2, 0.25) is 0 Å². The first kappa shape index (κ1) is 16.6. The van der Waals surface area contributed by atoms with E-state index >= 15 is 0 Å². The highest BCUT2D eigenvalue weighted by molar-refractivity contribution is 7.90. The van der Waals surface area contributed by atoms with Gasteiger partial charge in [0.1, 0.15) is 0 Å². The summed E-state index contributed by atoms with van der Waals surface area (Å²) in [6.45, 7) is 3.22. The Kier molecular flexibility index (Phi) is 4.15. The Morgan fingerprint density at radius 2 is 1.79 bits per heavy atom. The average molecular weight is 360 g/mol. The lowest BCUT2D eigenvalue weighted by atomic mass is 10.0. The third-order valence-electron chi connectivity index (χ3n) is 3.59. The van der Waals surface area contributed by atoms with Gasteiger partial charge in [0.15, 0.2) is 15.0 Å². The predicted molar refractivity (Wildman–Crippen MR) is 97.2 cm³/mol. The molecule has 0 saturated carbocycles. The van der Waals surface area contributed by atoms with E-state index in [1.165, 1.54) is 24.5 Å². The van der Waals surface area contributed by atoms with Gasteiger partial charge in [-0.3, -0.25) is 4.79 Å². The molecule has 3 aromatic rings. The minimum atomic E-state index is -3.27. The van der Waals surface area contributed by atoms with Gasteiger partial charge in [0, 0.05) is 13.2 Å². The van der Waals surface area contributed by atoms with Gasteiger partial charge >= 0.3 is 0 Å². The highest BCUT2D eigenvalue weighted by Crippen LogP contribution is 2.32. The highest BCUT2D eigenvalue weighted by atomic mass is 32.2. The Bertz CT molecular complexity index is 1050. The number of aryl methyl sites for hydroxylation is 1. The zero-order chi connectivity index (χ0) is 17.5. The standard InChI is InChI=1S/C17H16N2O3S2/c1-10-4-5-13(9-16(10)24(3,21)22)12-6-7-14-15(8-12)23-17(19-14)18-11(2)20/h4-9H,1-3H3,(H,18,19,20). The number of nitrogens with one attached hydrogen (secondary N) is 1. The summed E-state index contributed by atoms with van der Waals surface area (Å²) in [7, 11) is -3.27. The van der Waals surface area contributed by atoms with Crippen molar-refractivity contribution < 1.29 is 13.2 Å². The van der Waals surface area contributed by atoms with Crippen LogP contribution in [-0.4, -0.2) is 25.6 Å². The van der Waals surface area contributed by atoms with Crippen molar-refractivity contribution in [1.29, 1.82) is 0 Å². The Morgan fingerprint density at radius 1 is 1.12 bits per heavy atom. The second-order valence-electron chi connectivity index (χ2n) is 5.64. The molecule has 1 heterocycles. The van der Waals surface area contributed by atoms with Crippen molar-refractivity contribution in [3.63, 3.8) is 0 Å². The predicted octanol–water partition coefficient (Wildman–Crippen LogP) is 3.63. The van der Waals surface area contributed by atoms with Crippen LogP contribution in [0.15, 0.2) is 41.3 Å². The summed E-state index contributed by atoms with van der Waals surface area (Å²) in [4.78, 5) is 15.8. The Morgan fingerprint density at radius 3 is 2.46 bits per heavy atom. The van der Waals surface area contributed by atoms with E-state index in [-0.39, 0.29) is 5.91 Å². The van der Waals surface area contributed by atoms with Gasteiger partial charge in [-0.05, 0) is 41.8 Å². The molecule has 24 heavy (non-hydrogen) atoms. The summed E-state index contributed by atoms with van der Waals surface area (Å²) in [5.74, 6) is -0.161. The molecule has 124 valence electrons. The summed E-state index contributed by atoms with van der Waals surface area (Å²) < 4.78 is 24.7. The fourth-order valence-corrected chi connectivity index (χ4v) is 4.43. The molecule has 0 radical (unpaired) electrons. The number of anilines is 1. The van der Waals surface area contributed by atoms with Crippen molar-refractivity contribution >= 4 is 42.4 Å². The molecular formula is C17H16N2O3S2. The van der Waals surface area contributed by atoms with Gasteiger partial charge in [0.25, 0.3) is 0 Å². The van der Waals surface area contributed by atoms with Crippen molar-refractivity contribution in [2.24, 2.45) is 0 Å². The monoisotopic (exact) mass is 360 g/mol. The van der Waals surface area contributed by atoms with Crippen molar-refractivity contribution in [1.82, 2.24) is 4.98 Å². The number of fused-ring (bicyclic) bond motifs is 1. The van der Waals surface area contributed by atoms with Crippen LogP contribution < -0.4 is 5.32 Å². The molecule has 1 amide bonds. The molecule has 5 nitrogen and oxygen atoms in total. The second-order valence-corrected chi connectivity index (χ2v) is 8.65. The number of benzene rings is 2. The van der Waals surface area contributed by atoms with Gasteiger partial charge < -0.3 is 5.32 Å². The van der Waals surface area contributed by atoms with Gasteiger partial charge in [-0.25, -0.2) is 13.4 Å². The summed E-state index contributed by atoms with van der Waals surface area (Å²) in [5, 5.41) is 3.23. The molecule has 0 bridgehead atoms. The lowest BCUT2D eigenvalue weighted by molar-refractivity contribution is -0.114. The maximum atomic E-state index is 11.9. The van der Waals surface area contributed by atoms with Gasteiger partial charge in [0.05, 0.1) is 15.1 Å². The Labute approximate surface area is 144 Å². The first-order valence-corrected chi connectivity index (χ1v) is 9.94. The topological polar surface area (TPSA) is 76.1 Å². The fraction of sp³-hybridized carbons (Fsp3) is 0.176. The summed E-state index contributed by atoms with van der Waals surface area (Å²) in [6, 6.07) is 11.1. The smallest absolute Gasteiger partial charge is 0.223 e. The van der Waals surface area contributed by atoms with E-state index in [2.05, 4.69) is 10.3 Å². The number of hydrogen-bond acceptors (Lipinski definition) is 5. The van der Waals surface area contributed by atoms with E-state index in [0.29, 0.717) is 10.0 Å². The molecule has 2 aromatic carbocycles. The van der Waals surface area contributed by atoms with Crippen LogP contribution in [-0.2, 0) is 14.6 Å². The van der Waals surface area contributed by atoms with Crippen LogP contribution in [0.1, 0.15) is 12.5 Å². The number of hydrogen-bond donors (Lipinski definition) is 1. The van der Waals surface area contributed by atoms with Gasteiger partial charge in [-0.15, -0.1) is 0 Å². The molecule has 1 N–H and O–H groups in total. The SMILES string of the molecule is CC(=O)Nc1nc2ccc(-c3ccc(C)c(S(C)(=O)=O)c3)cc2s1. The molecule has 0 unspecified atom stereocenters.